The summed E-state index contributed by atoms with van der Waals surface area (Å²) in [6, 6.07) is 17.3. The lowest BCUT2D eigenvalue weighted by Crippen LogP contribution is -2.46. The number of rotatable bonds is 7. The maximum absolute atomic E-state index is 12.5. The Hall–Kier alpha value is -4.05. The van der Waals surface area contributed by atoms with Gasteiger partial charge in [-0.2, -0.15) is 0 Å². The van der Waals surface area contributed by atoms with Gasteiger partial charge in [0.2, 0.25) is 11.6 Å². The monoisotopic (exact) mass is 447 g/mol. The minimum Gasteiger partial charge on any atom is -0.348 e. The lowest BCUT2D eigenvalue weighted by atomic mass is 10.1. The molecule has 4 rings (SSSR count). The van der Waals surface area contributed by atoms with Crippen molar-refractivity contribution >= 4 is 23.2 Å². The first-order chi connectivity index (χ1) is 16.0. The van der Waals surface area contributed by atoms with Gasteiger partial charge in [-0.05, 0) is 24.1 Å². The number of hydrogen-bond acceptors (Lipinski definition) is 8. The van der Waals surface area contributed by atoms with E-state index in [0.717, 1.165) is 25.2 Å². The Labute approximate surface area is 191 Å². The summed E-state index contributed by atoms with van der Waals surface area (Å²) in [6.45, 7) is 5.35. The normalized spacial score (nSPS) is 14.0. The fourth-order valence-corrected chi connectivity index (χ4v) is 3.83. The number of amides is 1. The minimum atomic E-state index is -0.520. The molecule has 3 aromatic rings. The lowest BCUT2D eigenvalue weighted by Gasteiger charge is -2.35. The number of nitrogens with one attached hydrogen (secondary N) is 2. The molecule has 1 amide bonds. The highest BCUT2D eigenvalue weighted by Gasteiger charge is 2.29. The van der Waals surface area contributed by atoms with Gasteiger partial charge in [0.05, 0.1) is 4.92 Å². The average Bonchev–Trinajstić information content (AvgIpc) is 2.83. The predicted octanol–water partition coefficient (Wildman–Crippen LogP) is 2.77. The molecular weight excluding hydrogens is 422 g/mol. The van der Waals surface area contributed by atoms with Crippen LogP contribution in [0.3, 0.4) is 0 Å². The smallest absolute Gasteiger partial charge is 0.348 e. The van der Waals surface area contributed by atoms with Crippen molar-refractivity contribution in [3.05, 3.63) is 87.7 Å². The molecule has 2 heterocycles. The van der Waals surface area contributed by atoms with Gasteiger partial charge in [0.15, 0.2) is 0 Å². The van der Waals surface area contributed by atoms with E-state index in [2.05, 4.69) is 37.9 Å². The first-order valence-corrected chi connectivity index (χ1v) is 10.7. The highest BCUT2D eigenvalue weighted by Crippen LogP contribution is 2.32. The number of carbonyl (C=O) groups is 1. The van der Waals surface area contributed by atoms with E-state index in [9.17, 15) is 14.9 Å². The van der Waals surface area contributed by atoms with Gasteiger partial charge >= 0.3 is 5.69 Å². The number of carbonyl (C=O) groups excluding carboxylic acids is 1. The third-order valence-electron chi connectivity index (χ3n) is 5.59. The van der Waals surface area contributed by atoms with Gasteiger partial charge in [0.1, 0.15) is 6.33 Å². The highest BCUT2D eigenvalue weighted by molar-refractivity contribution is 5.96. The van der Waals surface area contributed by atoms with E-state index < -0.39 is 10.8 Å². The van der Waals surface area contributed by atoms with Crippen LogP contribution in [0, 0.1) is 17.0 Å². The zero-order valence-electron chi connectivity index (χ0n) is 18.3. The summed E-state index contributed by atoms with van der Waals surface area (Å²) in [5.74, 6) is -0.224. The molecule has 0 aliphatic carbocycles. The standard InChI is InChI=1S/C23H25N7O3/c1-17-7-5-6-10-19(17)23(31)27-26-21-20(30(32)33)22(25-16-24-21)29-13-11-28(12-14-29)15-18-8-3-2-4-9-18/h2-10,16H,11-15H2,1H3,(H,27,31)(H,24,25,26). The van der Waals surface area contributed by atoms with Gasteiger partial charge in [-0.1, -0.05) is 48.5 Å². The first-order valence-electron chi connectivity index (χ1n) is 10.7. The van der Waals surface area contributed by atoms with E-state index in [4.69, 9.17) is 0 Å². The van der Waals surface area contributed by atoms with Crippen LogP contribution in [-0.2, 0) is 6.54 Å². The van der Waals surface area contributed by atoms with Crippen LogP contribution < -0.4 is 15.8 Å². The molecule has 2 aromatic carbocycles. The molecule has 0 unspecified atom stereocenters. The molecule has 10 heteroatoms. The highest BCUT2D eigenvalue weighted by atomic mass is 16.6. The molecule has 0 saturated carbocycles. The van der Waals surface area contributed by atoms with Crippen LogP contribution in [0.4, 0.5) is 17.3 Å². The van der Waals surface area contributed by atoms with E-state index in [1.165, 1.54) is 11.9 Å². The number of nitro groups is 1. The zero-order chi connectivity index (χ0) is 23.2. The summed E-state index contributed by atoms with van der Waals surface area (Å²) < 4.78 is 0. The lowest BCUT2D eigenvalue weighted by molar-refractivity contribution is -0.383. The summed E-state index contributed by atoms with van der Waals surface area (Å²) in [6.07, 6.45) is 1.26. The van der Waals surface area contributed by atoms with E-state index in [-0.39, 0.29) is 17.3 Å². The largest absolute Gasteiger partial charge is 0.355 e. The Bertz CT molecular complexity index is 1130. The van der Waals surface area contributed by atoms with E-state index in [0.29, 0.717) is 18.7 Å². The molecule has 10 nitrogen and oxygen atoms in total. The molecule has 1 fully saturated rings. The third-order valence-corrected chi connectivity index (χ3v) is 5.59. The third kappa shape index (κ3) is 5.24. The summed E-state index contributed by atoms with van der Waals surface area (Å²) in [7, 11) is 0. The maximum Gasteiger partial charge on any atom is 0.355 e. The van der Waals surface area contributed by atoms with Crippen molar-refractivity contribution in [2.24, 2.45) is 0 Å². The molecule has 2 N–H and O–H groups in total. The van der Waals surface area contributed by atoms with Crippen molar-refractivity contribution in [2.75, 3.05) is 36.5 Å². The van der Waals surface area contributed by atoms with E-state index in [1.807, 2.05) is 42.2 Å². The van der Waals surface area contributed by atoms with E-state index >= 15 is 0 Å². The maximum atomic E-state index is 12.5. The fraction of sp³-hybridized carbons (Fsp3) is 0.261. The van der Waals surface area contributed by atoms with Crippen LogP contribution in [0.2, 0.25) is 0 Å². The number of aromatic nitrogens is 2. The van der Waals surface area contributed by atoms with Crippen molar-refractivity contribution in [1.29, 1.82) is 0 Å². The second kappa shape index (κ2) is 10.0. The van der Waals surface area contributed by atoms with E-state index in [1.54, 1.807) is 12.1 Å². The number of hydrazine groups is 1. The van der Waals surface area contributed by atoms with Crippen molar-refractivity contribution in [2.45, 2.75) is 13.5 Å². The van der Waals surface area contributed by atoms with Gasteiger partial charge in [-0.3, -0.25) is 30.7 Å². The van der Waals surface area contributed by atoms with Crippen LogP contribution in [0.1, 0.15) is 21.5 Å². The van der Waals surface area contributed by atoms with Crippen molar-refractivity contribution < 1.29 is 9.72 Å². The zero-order valence-corrected chi connectivity index (χ0v) is 18.3. The number of anilines is 2. The van der Waals surface area contributed by atoms with Gasteiger partial charge in [0, 0.05) is 38.3 Å². The molecule has 170 valence electrons. The van der Waals surface area contributed by atoms with Crippen LogP contribution in [0.25, 0.3) is 0 Å². The number of nitrogens with zero attached hydrogens (tertiary/aromatic N) is 5. The molecule has 0 bridgehead atoms. The van der Waals surface area contributed by atoms with Crippen LogP contribution >= 0.6 is 0 Å². The Morgan fingerprint density at radius 3 is 2.42 bits per heavy atom. The minimum absolute atomic E-state index is 0.0568. The predicted molar refractivity (Wildman–Crippen MR) is 125 cm³/mol. The van der Waals surface area contributed by atoms with Crippen molar-refractivity contribution in [1.82, 2.24) is 20.3 Å². The summed E-state index contributed by atoms with van der Waals surface area (Å²) >= 11 is 0. The van der Waals surface area contributed by atoms with Gasteiger partial charge in [-0.25, -0.2) is 9.97 Å². The molecule has 1 saturated heterocycles. The summed E-state index contributed by atoms with van der Waals surface area (Å²) in [5.41, 5.74) is 7.35. The SMILES string of the molecule is Cc1ccccc1C(=O)NNc1ncnc(N2CCN(Cc3ccccc3)CC2)c1[N+](=O)[O-]. The molecule has 1 aliphatic rings. The quantitative estimate of drug-likeness (QED) is 0.420. The summed E-state index contributed by atoms with van der Waals surface area (Å²) in [4.78, 5) is 36.2. The van der Waals surface area contributed by atoms with Crippen LogP contribution in [0.15, 0.2) is 60.9 Å². The number of benzene rings is 2. The molecular formula is C23H25N7O3. The van der Waals surface area contributed by atoms with Gasteiger partial charge in [0.25, 0.3) is 5.91 Å². The van der Waals surface area contributed by atoms with Gasteiger partial charge < -0.3 is 4.90 Å². The average molecular weight is 447 g/mol. The molecule has 0 radical (unpaired) electrons. The fourth-order valence-electron chi connectivity index (χ4n) is 3.83. The number of hydrogen-bond donors (Lipinski definition) is 2. The molecule has 0 atom stereocenters. The molecule has 1 aliphatic heterocycles. The second-order valence-electron chi connectivity index (χ2n) is 7.79. The first kappa shape index (κ1) is 22.2. The van der Waals surface area contributed by atoms with Crippen molar-refractivity contribution in [3.8, 4) is 0 Å². The summed E-state index contributed by atoms with van der Waals surface area (Å²) in [5, 5.41) is 11.9. The molecule has 0 spiro atoms. The van der Waals surface area contributed by atoms with Crippen molar-refractivity contribution in [3.63, 3.8) is 0 Å². The van der Waals surface area contributed by atoms with Crippen LogP contribution in [0.5, 0.6) is 0 Å². The van der Waals surface area contributed by atoms with Crippen LogP contribution in [-0.4, -0.2) is 51.9 Å². The number of aryl methyl sites for hydroxylation is 1. The Balaban J connectivity index is 1.45. The Morgan fingerprint density at radius 1 is 1.03 bits per heavy atom. The topological polar surface area (TPSA) is 117 Å². The Kier molecular flexibility index (Phi) is 6.75. The molecule has 1 aromatic heterocycles. The second-order valence-corrected chi connectivity index (χ2v) is 7.79. The Morgan fingerprint density at radius 2 is 1.73 bits per heavy atom. The molecule has 33 heavy (non-hydrogen) atoms. The number of piperazine rings is 1. The van der Waals surface area contributed by atoms with Gasteiger partial charge in [-0.15, -0.1) is 0 Å².